The van der Waals surface area contributed by atoms with E-state index in [1.54, 1.807) is 6.20 Å². The molecule has 21 heavy (non-hydrogen) atoms. The summed E-state index contributed by atoms with van der Waals surface area (Å²) in [5.41, 5.74) is 1.43. The fourth-order valence-electron chi connectivity index (χ4n) is 2.70. The highest BCUT2D eigenvalue weighted by Crippen LogP contribution is 2.19. The molecule has 1 aliphatic rings. The molecule has 110 valence electrons. The number of nitrogens with one attached hydrogen (secondary N) is 1. The maximum atomic E-state index is 12.8. The number of fused-ring (bicyclic) bond motifs is 1. The SMILES string of the molecule is CNCC1CN(C(=O)c2cccc3cccnc23)CCO1. The number of ether oxygens (including phenoxy) is 1. The summed E-state index contributed by atoms with van der Waals surface area (Å²) in [6.07, 6.45) is 1.78. The average Bonchev–Trinajstić information content (AvgIpc) is 2.54. The highest BCUT2D eigenvalue weighted by molar-refractivity contribution is 6.05. The molecule has 1 atom stereocenters. The molecule has 2 aromatic rings. The summed E-state index contributed by atoms with van der Waals surface area (Å²) >= 11 is 0. The number of likely N-dealkylation sites (N-methyl/N-ethyl adjacent to an activating group) is 1. The third kappa shape index (κ3) is 2.89. The Morgan fingerprint density at radius 1 is 1.43 bits per heavy atom. The first-order valence-electron chi connectivity index (χ1n) is 7.19. The Hall–Kier alpha value is -1.98. The molecule has 1 unspecified atom stereocenters. The Balaban J connectivity index is 1.86. The third-order valence-electron chi connectivity index (χ3n) is 3.72. The standard InChI is InChI=1S/C16H19N3O2/c1-17-10-13-11-19(8-9-21-13)16(20)14-6-2-4-12-5-3-7-18-15(12)14/h2-7,13,17H,8-11H2,1H3. The highest BCUT2D eigenvalue weighted by atomic mass is 16.5. The number of aromatic nitrogens is 1. The lowest BCUT2D eigenvalue weighted by Crippen LogP contribution is -2.48. The van der Waals surface area contributed by atoms with Gasteiger partial charge in [-0.1, -0.05) is 18.2 Å². The van der Waals surface area contributed by atoms with Crippen LogP contribution in [0.3, 0.4) is 0 Å². The van der Waals surface area contributed by atoms with Crippen molar-refractivity contribution in [3.8, 4) is 0 Å². The molecule has 0 saturated carbocycles. The normalized spacial score (nSPS) is 18.9. The van der Waals surface area contributed by atoms with Gasteiger partial charge in [-0.2, -0.15) is 0 Å². The van der Waals surface area contributed by atoms with Crippen molar-refractivity contribution in [3.63, 3.8) is 0 Å². The minimum atomic E-state index is 0.0312. The van der Waals surface area contributed by atoms with Crippen molar-refractivity contribution in [2.24, 2.45) is 0 Å². The summed E-state index contributed by atoms with van der Waals surface area (Å²) in [6, 6.07) is 9.59. The summed E-state index contributed by atoms with van der Waals surface area (Å²) < 4.78 is 5.65. The second-order valence-corrected chi connectivity index (χ2v) is 5.18. The van der Waals surface area contributed by atoms with Crippen LogP contribution in [0.15, 0.2) is 36.5 Å². The van der Waals surface area contributed by atoms with E-state index in [4.69, 9.17) is 4.74 Å². The Labute approximate surface area is 123 Å². The summed E-state index contributed by atoms with van der Waals surface area (Å²) in [5.74, 6) is 0.0312. The Bertz CT molecular complexity index is 637. The maximum Gasteiger partial charge on any atom is 0.256 e. The molecule has 2 heterocycles. The third-order valence-corrected chi connectivity index (χ3v) is 3.72. The Morgan fingerprint density at radius 3 is 3.14 bits per heavy atom. The van der Waals surface area contributed by atoms with Gasteiger partial charge in [-0.3, -0.25) is 9.78 Å². The molecule has 0 radical (unpaired) electrons. The molecule has 0 bridgehead atoms. The molecular formula is C16H19N3O2. The van der Waals surface area contributed by atoms with Crippen molar-refractivity contribution >= 4 is 16.8 Å². The predicted molar refractivity (Wildman–Crippen MR) is 81.3 cm³/mol. The molecule has 3 rings (SSSR count). The van der Waals surface area contributed by atoms with E-state index < -0.39 is 0 Å². The van der Waals surface area contributed by atoms with Gasteiger partial charge < -0.3 is 15.0 Å². The Morgan fingerprint density at radius 2 is 2.29 bits per heavy atom. The zero-order valence-electron chi connectivity index (χ0n) is 12.1. The van der Waals surface area contributed by atoms with Crippen molar-refractivity contribution in [2.45, 2.75) is 6.10 Å². The number of para-hydroxylation sites is 1. The molecule has 1 aromatic heterocycles. The van der Waals surface area contributed by atoms with E-state index in [0.29, 0.717) is 25.3 Å². The number of carbonyl (C=O) groups excluding carboxylic acids is 1. The lowest BCUT2D eigenvalue weighted by molar-refractivity contribution is -0.0195. The van der Waals surface area contributed by atoms with Crippen LogP contribution in [0, 0.1) is 0 Å². The molecule has 5 heteroatoms. The van der Waals surface area contributed by atoms with Crippen LogP contribution in [0.25, 0.3) is 10.9 Å². The quantitative estimate of drug-likeness (QED) is 0.923. The van der Waals surface area contributed by atoms with Gasteiger partial charge in [0, 0.05) is 31.2 Å². The van der Waals surface area contributed by atoms with Gasteiger partial charge in [0.05, 0.1) is 23.8 Å². The molecule has 1 N–H and O–H groups in total. The van der Waals surface area contributed by atoms with Gasteiger partial charge in [0.2, 0.25) is 0 Å². The van der Waals surface area contributed by atoms with Crippen LogP contribution in [0.5, 0.6) is 0 Å². The summed E-state index contributed by atoms with van der Waals surface area (Å²) in [5, 5.41) is 4.08. The largest absolute Gasteiger partial charge is 0.373 e. The van der Waals surface area contributed by atoms with Gasteiger partial charge in [0.15, 0.2) is 0 Å². The molecule has 1 amide bonds. The molecule has 5 nitrogen and oxygen atoms in total. The average molecular weight is 285 g/mol. The molecule has 0 spiro atoms. The predicted octanol–water partition coefficient (Wildman–Crippen LogP) is 1.30. The zero-order chi connectivity index (χ0) is 14.7. The maximum absolute atomic E-state index is 12.8. The van der Waals surface area contributed by atoms with E-state index in [2.05, 4.69) is 10.3 Å². The number of hydrogen-bond donors (Lipinski definition) is 1. The van der Waals surface area contributed by atoms with Crippen molar-refractivity contribution in [3.05, 3.63) is 42.1 Å². The van der Waals surface area contributed by atoms with Crippen molar-refractivity contribution in [2.75, 3.05) is 33.3 Å². The fraction of sp³-hybridized carbons (Fsp3) is 0.375. The first-order chi connectivity index (χ1) is 10.3. The fourth-order valence-corrected chi connectivity index (χ4v) is 2.70. The van der Waals surface area contributed by atoms with E-state index in [9.17, 15) is 4.79 Å². The second-order valence-electron chi connectivity index (χ2n) is 5.18. The van der Waals surface area contributed by atoms with Crippen LogP contribution in [-0.4, -0.2) is 55.2 Å². The van der Waals surface area contributed by atoms with Crippen LogP contribution < -0.4 is 5.32 Å². The van der Waals surface area contributed by atoms with Gasteiger partial charge in [-0.05, 0) is 19.2 Å². The van der Waals surface area contributed by atoms with Crippen LogP contribution in [0.1, 0.15) is 10.4 Å². The Kier molecular flexibility index (Phi) is 4.13. The minimum Gasteiger partial charge on any atom is -0.373 e. The van der Waals surface area contributed by atoms with Gasteiger partial charge in [-0.25, -0.2) is 0 Å². The first kappa shape index (κ1) is 14.0. The molecule has 1 saturated heterocycles. The van der Waals surface area contributed by atoms with Gasteiger partial charge >= 0.3 is 0 Å². The van der Waals surface area contributed by atoms with E-state index in [1.165, 1.54) is 0 Å². The van der Waals surface area contributed by atoms with E-state index in [0.717, 1.165) is 17.4 Å². The molecule has 1 fully saturated rings. The minimum absolute atomic E-state index is 0.0312. The van der Waals surface area contributed by atoms with Crippen LogP contribution in [0.2, 0.25) is 0 Å². The molecule has 1 aromatic carbocycles. The zero-order valence-corrected chi connectivity index (χ0v) is 12.1. The molecule has 1 aliphatic heterocycles. The van der Waals surface area contributed by atoms with Crippen molar-refractivity contribution < 1.29 is 9.53 Å². The number of pyridine rings is 1. The number of hydrogen-bond acceptors (Lipinski definition) is 4. The summed E-state index contributed by atoms with van der Waals surface area (Å²) in [6.45, 7) is 2.57. The van der Waals surface area contributed by atoms with Crippen molar-refractivity contribution in [1.29, 1.82) is 0 Å². The lowest BCUT2D eigenvalue weighted by Gasteiger charge is -2.33. The van der Waals surface area contributed by atoms with E-state index in [-0.39, 0.29) is 12.0 Å². The number of carbonyl (C=O) groups is 1. The highest BCUT2D eigenvalue weighted by Gasteiger charge is 2.25. The van der Waals surface area contributed by atoms with Crippen LogP contribution >= 0.6 is 0 Å². The van der Waals surface area contributed by atoms with Crippen LogP contribution in [-0.2, 0) is 4.74 Å². The smallest absolute Gasteiger partial charge is 0.256 e. The van der Waals surface area contributed by atoms with Gasteiger partial charge in [0.1, 0.15) is 0 Å². The van der Waals surface area contributed by atoms with E-state index in [1.807, 2.05) is 42.3 Å². The topological polar surface area (TPSA) is 54.5 Å². The number of benzene rings is 1. The first-order valence-corrected chi connectivity index (χ1v) is 7.19. The van der Waals surface area contributed by atoms with Crippen molar-refractivity contribution in [1.82, 2.24) is 15.2 Å². The van der Waals surface area contributed by atoms with Gasteiger partial charge in [0.25, 0.3) is 5.91 Å². The second kappa shape index (κ2) is 6.20. The number of morpholine rings is 1. The number of amides is 1. The monoisotopic (exact) mass is 285 g/mol. The number of nitrogens with zero attached hydrogens (tertiary/aromatic N) is 2. The molecular weight excluding hydrogens is 266 g/mol. The lowest BCUT2D eigenvalue weighted by atomic mass is 10.1. The molecule has 0 aliphatic carbocycles. The summed E-state index contributed by atoms with van der Waals surface area (Å²) in [4.78, 5) is 19.0. The van der Waals surface area contributed by atoms with E-state index >= 15 is 0 Å². The van der Waals surface area contributed by atoms with Gasteiger partial charge in [-0.15, -0.1) is 0 Å². The summed E-state index contributed by atoms with van der Waals surface area (Å²) in [7, 11) is 1.89. The van der Waals surface area contributed by atoms with Crippen LogP contribution in [0.4, 0.5) is 0 Å². The number of rotatable bonds is 3.